The van der Waals surface area contributed by atoms with Crippen LogP contribution in [0.1, 0.15) is 36.5 Å². The Labute approximate surface area is 130 Å². The second-order valence-corrected chi connectivity index (χ2v) is 5.77. The van der Waals surface area contributed by atoms with Crippen LogP contribution in [0.3, 0.4) is 0 Å². The largest absolute Gasteiger partial charge is 0.489 e. The summed E-state index contributed by atoms with van der Waals surface area (Å²) in [5.41, 5.74) is 3.39. The molecule has 0 saturated carbocycles. The molecule has 0 aliphatic carbocycles. The van der Waals surface area contributed by atoms with Crippen LogP contribution in [-0.4, -0.2) is 0 Å². The van der Waals surface area contributed by atoms with Crippen LogP contribution in [0.25, 0.3) is 0 Å². The van der Waals surface area contributed by atoms with Crippen molar-refractivity contribution < 1.29 is 4.74 Å². The lowest BCUT2D eigenvalue weighted by Crippen LogP contribution is -1.98. The number of ether oxygens (including phenoxy) is 1. The second-order valence-electron chi connectivity index (χ2n) is 5.07. The minimum Gasteiger partial charge on any atom is -0.489 e. The number of halogens is 2. The van der Waals surface area contributed by atoms with E-state index in [-0.39, 0.29) is 0 Å². The lowest BCUT2D eigenvalue weighted by molar-refractivity contribution is 0.304. The Morgan fingerprint density at radius 3 is 2.35 bits per heavy atom. The molecule has 1 nitrogen and oxygen atoms in total. The maximum absolute atomic E-state index is 5.95. The maximum Gasteiger partial charge on any atom is 0.124 e. The summed E-state index contributed by atoms with van der Waals surface area (Å²) in [4.78, 5) is 0. The first-order valence-corrected chi connectivity index (χ1v) is 7.57. The highest BCUT2D eigenvalue weighted by molar-refractivity contribution is 6.30. The van der Waals surface area contributed by atoms with Crippen molar-refractivity contribution in [1.29, 1.82) is 0 Å². The lowest BCUT2D eigenvalue weighted by atomic mass is 10.0. The van der Waals surface area contributed by atoms with Gasteiger partial charge in [-0.3, -0.25) is 0 Å². The Hall–Kier alpha value is -1.18. The number of alkyl halides is 1. The molecule has 0 bridgehead atoms. The van der Waals surface area contributed by atoms with E-state index in [9.17, 15) is 0 Å². The average Bonchev–Trinajstić information content (AvgIpc) is 2.46. The fourth-order valence-electron chi connectivity index (χ4n) is 1.95. The van der Waals surface area contributed by atoms with Gasteiger partial charge in [-0.1, -0.05) is 49.7 Å². The first-order chi connectivity index (χ1) is 9.60. The molecule has 0 N–H and O–H groups in total. The monoisotopic (exact) mass is 308 g/mol. The first-order valence-electron chi connectivity index (χ1n) is 6.66. The van der Waals surface area contributed by atoms with Gasteiger partial charge in [0.2, 0.25) is 0 Å². The van der Waals surface area contributed by atoms with Crippen molar-refractivity contribution in [2.24, 2.45) is 0 Å². The zero-order chi connectivity index (χ0) is 14.5. The summed E-state index contributed by atoms with van der Waals surface area (Å²) in [6.45, 7) is 4.90. The van der Waals surface area contributed by atoms with Crippen molar-refractivity contribution in [3.63, 3.8) is 0 Å². The summed E-state index contributed by atoms with van der Waals surface area (Å²) in [5, 5.41) is 0.675. The Balaban J connectivity index is 2.05. The third-order valence-electron chi connectivity index (χ3n) is 3.21. The third kappa shape index (κ3) is 3.91. The molecule has 106 valence electrons. The van der Waals surface area contributed by atoms with Crippen molar-refractivity contribution in [2.45, 2.75) is 32.3 Å². The maximum atomic E-state index is 5.95. The van der Waals surface area contributed by atoms with Crippen LogP contribution >= 0.6 is 23.2 Å². The summed E-state index contributed by atoms with van der Waals surface area (Å²) in [6, 6.07) is 14.0. The molecule has 0 aromatic heterocycles. The smallest absolute Gasteiger partial charge is 0.124 e. The van der Waals surface area contributed by atoms with E-state index in [1.807, 2.05) is 18.2 Å². The van der Waals surface area contributed by atoms with E-state index in [4.69, 9.17) is 27.9 Å². The van der Waals surface area contributed by atoms with Gasteiger partial charge in [0, 0.05) is 10.6 Å². The van der Waals surface area contributed by atoms with E-state index in [1.54, 1.807) is 0 Å². The normalized spacial score (nSPS) is 10.8. The van der Waals surface area contributed by atoms with Crippen LogP contribution in [0.4, 0.5) is 0 Å². The van der Waals surface area contributed by atoms with Crippen LogP contribution in [0.15, 0.2) is 42.5 Å². The molecule has 3 heteroatoms. The number of benzene rings is 2. The van der Waals surface area contributed by atoms with Gasteiger partial charge in [-0.15, -0.1) is 11.6 Å². The minimum absolute atomic E-state index is 0.391. The molecule has 0 aliphatic rings. The van der Waals surface area contributed by atoms with E-state index in [2.05, 4.69) is 38.1 Å². The van der Waals surface area contributed by atoms with E-state index < -0.39 is 0 Å². The molecule has 0 saturated heterocycles. The molecule has 0 fully saturated rings. The Bertz CT molecular complexity index is 562. The molecular formula is C17H18Cl2O. The van der Waals surface area contributed by atoms with Crippen LogP contribution in [0.2, 0.25) is 5.02 Å². The van der Waals surface area contributed by atoms with Crippen molar-refractivity contribution >= 4 is 23.2 Å². The molecule has 20 heavy (non-hydrogen) atoms. The number of hydrogen-bond donors (Lipinski definition) is 0. The predicted octanol–water partition coefficient (Wildman–Crippen LogP) is 5.78. The molecule has 0 amide bonds. The Morgan fingerprint density at radius 1 is 1.05 bits per heavy atom. The topological polar surface area (TPSA) is 9.23 Å². The zero-order valence-electron chi connectivity index (χ0n) is 11.7. The van der Waals surface area contributed by atoms with Crippen molar-refractivity contribution in [3.8, 4) is 5.75 Å². The van der Waals surface area contributed by atoms with Crippen LogP contribution in [-0.2, 0) is 12.5 Å². The lowest BCUT2D eigenvalue weighted by Gasteiger charge is -2.11. The molecule has 0 aliphatic heterocycles. The zero-order valence-corrected chi connectivity index (χ0v) is 13.2. The highest BCUT2D eigenvalue weighted by Crippen LogP contribution is 2.25. The molecular weight excluding hydrogens is 291 g/mol. The fourth-order valence-corrected chi connectivity index (χ4v) is 2.36. The van der Waals surface area contributed by atoms with Crippen LogP contribution in [0, 0.1) is 0 Å². The van der Waals surface area contributed by atoms with E-state index >= 15 is 0 Å². The van der Waals surface area contributed by atoms with Crippen LogP contribution < -0.4 is 4.74 Å². The van der Waals surface area contributed by atoms with Gasteiger partial charge >= 0.3 is 0 Å². The Kier molecular flexibility index (Phi) is 5.33. The summed E-state index contributed by atoms with van der Waals surface area (Å²) in [7, 11) is 0. The molecule has 0 radical (unpaired) electrons. The summed E-state index contributed by atoms with van der Waals surface area (Å²) in [5.74, 6) is 1.73. The highest BCUT2D eigenvalue weighted by atomic mass is 35.5. The van der Waals surface area contributed by atoms with Gasteiger partial charge in [0.15, 0.2) is 0 Å². The standard InChI is InChI=1S/C17H18Cl2O/c1-12(2)14-5-3-13(4-6-14)11-20-17-8-7-16(19)9-15(17)10-18/h3-9,12H,10-11H2,1-2H3. The second kappa shape index (κ2) is 7.01. The molecule has 2 aromatic rings. The number of hydrogen-bond acceptors (Lipinski definition) is 1. The predicted molar refractivity (Wildman–Crippen MR) is 85.9 cm³/mol. The van der Waals surface area contributed by atoms with Crippen molar-refractivity contribution in [2.75, 3.05) is 0 Å². The molecule has 0 unspecified atom stereocenters. The van der Waals surface area contributed by atoms with Gasteiger partial charge in [0.1, 0.15) is 12.4 Å². The fraction of sp³-hybridized carbons (Fsp3) is 0.294. The quantitative estimate of drug-likeness (QED) is 0.636. The van der Waals surface area contributed by atoms with Gasteiger partial charge in [0.05, 0.1) is 5.88 Å². The number of rotatable bonds is 5. The van der Waals surface area contributed by atoms with E-state index in [1.165, 1.54) is 5.56 Å². The van der Waals surface area contributed by atoms with Crippen molar-refractivity contribution in [1.82, 2.24) is 0 Å². The van der Waals surface area contributed by atoms with Gasteiger partial charge in [-0.05, 0) is 35.2 Å². The SMILES string of the molecule is CC(C)c1ccc(COc2ccc(Cl)cc2CCl)cc1. The Morgan fingerprint density at radius 2 is 1.75 bits per heavy atom. The summed E-state index contributed by atoms with van der Waals surface area (Å²) in [6.07, 6.45) is 0. The molecule has 2 rings (SSSR count). The van der Waals surface area contributed by atoms with Gasteiger partial charge in [-0.2, -0.15) is 0 Å². The van der Waals surface area contributed by atoms with Crippen molar-refractivity contribution in [3.05, 3.63) is 64.2 Å². The summed E-state index contributed by atoms with van der Waals surface area (Å²) < 4.78 is 5.83. The van der Waals surface area contributed by atoms with Gasteiger partial charge < -0.3 is 4.74 Å². The minimum atomic E-state index is 0.391. The van der Waals surface area contributed by atoms with E-state index in [0.29, 0.717) is 23.4 Å². The average molecular weight is 309 g/mol. The van der Waals surface area contributed by atoms with Gasteiger partial charge in [-0.25, -0.2) is 0 Å². The third-order valence-corrected chi connectivity index (χ3v) is 3.73. The summed E-state index contributed by atoms with van der Waals surface area (Å²) >= 11 is 11.8. The van der Waals surface area contributed by atoms with Crippen LogP contribution in [0.5, 0.6) is 5.75 Å². The molecule has 2 aromatic carbocycles. The molecule has 0 atom stereocenters. The molecule has 0 spiro atoms. The first kappa shape index (κ1) is 15.2. The highest BCUT2D eigenvalue weighted by Gasteiger charge is 2.05. The van der Waals surface area contributed by atoms with Gasteiger partial charge in [0.25, 0.3) is 0 Å². The molecule has 0 heterocycles. The van der Waals surface area contributed by atoms with E-state index in [0.717, 1.165) is 16.9 Å².